The second-order valence-corrected chi connectivity index (χ2v) is 4.21. The molecule has 3 nitrogen and oxygen atoms in total. The quantitative estimate of drug-likeness (QED) is 0.687. The lowest BCUT2D eigenvalue weighted by molar-refractivity contribution is 0.425. The Bertz CT molecular complexity index is 276. The molecule has 0 radical (unpaired) electrons. The van der Waals surface area contributed by atoms with Crippen LogP contribution in [0.25, 0.3) is 0 Å². The van der Waals surface area contributed by atoms with Gasteiger partial charge in [0.1, 0.15) is 0 Å². The van der Waals surface area contributed by atoms with Crippen molar-refractivity contribution in [3.05, 3.63) is 18.0 Å². The Morgan fingerprint density at radius 1 is 1.31 bits per heavy atom. The average Bonchev–Trinajstić information content (AvgIpc) is 2.75. The van der Waals surface area contributed by atoms with E-state index in [9.17, 15) is 0 Å². The highest BCUT2D eigenvalue weighted by molar-refractivity contribution is 4.99. The van der Waals surface area contributed by atoms with Crippen LogP contribution in [0.4, 0.5) is 0 Å². The summed E-state index contributed by atoms with van der Waals surface area (Å²) in [7, 11) is 0. The Morgan fingerprint density at radius 2 is 2.06 bits per heavy atom. The number of hydrogen-bond donors (Lipinski definition) is 1. The van der Waals surface area contributed by atoms with Crippen molar-refractivity contribution in [2.24, 2.45) is 0 Å². The van der Waals surface area contributed by atoms with Crippen LogP contribution >= 0.6 is 0 Å². The van der Waals surface area contributed by atoms with Crippen molar-refractivity contribution in [2.75, 3.05) is 13.1 Å². The second kappa shape index (κ2) is 7.44. The maximum atomic E-state index is 4.64. The highest BCUT2D eigenvalue weighted by Gasteiger charge is 2.07. The van der Waals surface area contributed by atoms with Crippen LogP contribution in [0.2, 0.25) is 0 Å². The monoisotopic (exact) mass is 223 g/mol. The molecule has 1 aromatic rings. The number of hydrogen-bond acceptors (Lipinski definition) is 2. The summed E-state index contributed by atoms with van der Waals surface area (Å²) in [6.07, 6.45) is 6.71. The number of nitrogens with zero attached hydrogens (tertiary/aromatic N) is 2. The molecular formula is C13H25N3. The van der Waals surface area contributed by atoms with Gasteiger partial charge in [-0.05, 0) is 44.8 Å². The van der Waals surface area contributed by atoms with Crippen molar-refractivity contribution in [1.82, 2.24) is 15.1 Å². The molecule has 1 heterocycles. The lowest BCUT2D eigenvalue weighted by atomic mass is 10.2. The minimum Gasteiger partial charge on any atom is -0.317 e. The van der Waals surface area contributed by atoms with Gasteiger partial charge in [0, 0.05) is 6.20 Å². The van der Waals surface area contributed by atoms with Crippen LogP contribution in [-0.4, -0.2) is 22.9 Å². The van der Waals surface area contributed by atoms with Crippen LogP contribution in [0.5, 0.6) is 0 Å². The Morgan fingerprint density at radius 3 is 2.69 bits per heavy atom. The highest BCUT2D eigenvalue weighted by atomic mass is 15.3. The maximum Gasteiger partial charge on any atom is 0.0625 e. The minimum atomic E-state index is 0.572. The summed E-state index contributed by atoms with van der Waals surface area (Å²) in [5, 5.41) is 7.97. The van der Waals surface area contributed by atoms with Gasteiger partial charge in [0.25, 0.3) is 0 Å². The first-order valence-corrected chi connectivity index (χ1v) is 6.56. The fourth-order valence-electron chi connectivity index (χ4n) is 1.95. The van der Waals surface area contributed by atoms with E-state index in [1.807, 2.05) is 0 Å². The lowest BCUT2D eigenvalue weighted by Gasteiger charge is -2.12. The van der Waals surface area contributed by atoms with Gasteiger partial charge in [0.15, 0.2) is 0 Å². The Kier molecular flexibility index (Phi) is 6.16. The Hall–Kier alpha value is -0.830. The van der Waals surface area contributed by atoms with Crippen LogP contribution in [-0.2, 0) is 6.42 Å². The first kappa shape index (κ1) is 13.2. The lowest BCUT2D eigenvalue weighted by Crippen LogP contribution is -2.14. The molecule has 0 aliphatic carbocycles. The molecule has 0 bridgehead atoms. The van der Waals surface area contributed by atoms with Crippen molar-refractivity contribution in [3.8, 4) is 0 Å². The summed E-state index contributed by atoms with van der Waals surface area (Å²) in [5.41, 5.74) is 1.23. The molecule has 0 unspecified atom stereocenters. The third-order valence-electron chi connectivity index (χ3n) is 3.02. The molecule has 0 saturated carbocycles. The zero-order chi connectivity index (χ0) is 11.8. The largest absolute Gasteiger partial charge is 0.317 e. The van der Waals surface area contributed by atoms with Crippen molar-refractivity contribution < 1.29 is 0 Å². The molecular weight excluding hydrogens is 198 g/mol. The molecule has 0 spiro atoms. The van der Waals surface area contributed by atoms with Gasteiger partial charge >= 0.3 is 0 Å². The van der Waals surface area contributed by atoms with Crippen molar-refractivity contribution in [3.63, 3.8) is 0 Å². The van der Waals surface area contributed by atoms with Crippen LogP contribution in [0, 0.1) is 0 Å². The SMILES string of the molecule is CCNCCCc1ccn(C(CC)CC)n1. The van der Waals surface area contributed by atoms with Gasteiger partial charge in [-0.2, -0.15) is 5.10 Å². The van der Waals surface area contributed by atoms with Crippen LogP contribution in [0.1, 0.15) is 51.8 Å². The van der Waals surface area contributed by atoms with Crippen molar-refractivity contribution in [1.29, 1.82) is 0 Å². The topological polar surface area (TPSA) is 29.9 Å². The average molecular weight is 223 g/mol. The van der Waals surface area contributed by atoms with Crippen molar-refractivity contribution >= 4 is 0 Å². The predicted octanol–water partition coefficient (Wildman–Crippen LogP) is 2.79. The molecule has 0 saturated heterocycles. The summed E-state index contributed by atoms with van der Waals surface area (Å²) in [4.78, 5) is 0. The van der Waals surface area contributed by atoms with Crippen molar-refractivity contribution in [2.45, 2.75) is 52.5 Å². The van der Waals surface area contributed by atoms with E-state index in [1.54, 1.807) is 0 Å². The van der Waals surface area contributed by atoms with Gasteiger partial charge in [0.05, 0.1) is 11.7 Å². The first-order valence-electron chi connectivity index (χ1n) is 6.56. The van der Waals surface area contributed by atoms with E-state index in [4.69, 9.17) is 0 Å². The summed E-state index contributed by atoms with van der Waals surface area (Å²) in [5.74, 6) is 0. The van der Waals surface area contributed by atoms with E-state index in [1.165, 1.54) is 12.1 Å². The molecule has 0 aromatic carbocycles. The van der Waals surface area contributed by atoms with Gasteiger partial charge < -0.3 is 5.32 Å². The first-order chi connectivity index (χ1) is 7.81. The molecule has 1 N–H and O–H groups in total. The normalized spacial score (nSPS) is 11.2. The minimum absolute atomic E-state index is 0.572. The van der Waals surface area contributed by atoms with Crippen LogP contribution < -0.4 is 5.32 Å². The molecule has 0 aliphatic rings. The molecule has 16 heavy (non-hydrogen) atoms. The zero-order valence-electron chi connectivity index (χ0n) is 10.9. The summed E-state index contributed by atoms with van der Waals surface area (Å²) < 4.78 is 2.13. The van der Waals surface area contributed by atoms with Gasteiger partial charge in [-0.25, -0.2) is 0 Å². The molecule has 0 amide bonds. The summed E-state index contributed by atoms with van der Waals surface area (Å²) in [6.45, 7) is 8.74. The van der Waals surface area contributed by atoms with E-state index in [-0.39, 0.29) is 0 Å². The standard InChI is InChI=1S/C13H25N3/c1-4-13(5-2)16-11-9-12(15-16)8-7-10-14-6-3/h9,11,13-14H,4-8,10H2,1-3H3. The number of nitrogens with one attached hydrogen (secondary N) is 1. The summed E-state index contributed by atoms with van der Waals surface area (Å²) in [6, 6.07) is 2.73. The predicted molar refractivity (Wildman–Crippen MR) is 68.7 cm³/mol. The van der Waals surface area contributed by atoms with Gasteiger partial charge in [-0.15, -0.1) is 0 Å². The molecule has 0 aliphatic heterocycles. The number of aryl methyl sites for hydroxylation is 1. The zero-order valence-corrected chi connectivity index (χ0v) is 10.9. The Balaban J connectivity index is 2.38. The van der Waals surface area contributed by atoms with Crippen LogP contribution in [0.3, 0.4) is 0 Å². The van der Waals surface area contributed by atoms with E-state index < -0.39 is 0 Å². The molecule has 3 heteroatoms. The fraction of sp³-hybridized carbons (Fsp3) is 0.769. The number of aromatic nitrogens is 2. The van der Waals surface area contributed by atoms with E-state index in [0.717, 1.165) is 32.4 Å². The van der Waals surface area contributed by atoms with E-state index in [0.29, 0.717) is 6.04 Å². The smallest absolute Gasteiger partial charge is 0.0625 e. The summed E-state index contributed by atoms with van der Waals surface area (Å²) >= 11 is 0. The molecule has 0 atom stereocenters. The van der Waals surface area contributed by atoms with Gasteiger partial charge in [0.2, 0.25) is 0 Å². The van der Waals surface area contributed by atoms with Gasteiger partial charge in [-0.1, -0.05) is 20.8 Å². The van der Waals surface area contributed by atoms with E-state index in [2.05, 4.69) is 48.1 Å². The molecule has 92 valence electrons. The number of rotatable bonds is 8. The molecule has 1 aromatic heterocycles. The third-order valence-corrected chi connectivity index (χ3v) is 3.02. The van der Waals surface area contributed by atoms with Crippen LogP contribution in [0.15, 0.2) is 12.3 Å². The van der Waals surface area contributed by atoms with Gasteiger partial charge in [-0.3, -0.25) is 4.68 Å². The molecule has 0 fully saturated rings. The Labute approximate surface area is 99.2 Å². The second-order valence-electron chi connectivity index (χ2n) is 4.21. The highest BCUT2D eigenvalue weighted by Crippen LogP contribution is 2.14. The fourth-order valence-corrected chi connectivity index (χ4v) is 1.95. The van der Waals surface area contributed by atoms with E-state index >= 15 is 0 Å². The molecule has 1 rings (SSSR count). The third kappa shape index (κ3) is 3.97. The maximum absolute atomic E-state index is 4.64.